The molecule has 1 spiro atoms. The molecule has 0 aromatic heterocycles. The van der Waals surface area contributed by atoms with Crippen molar-refractivity contribution in [1.29, 1.82) is 0 Å². The van der Waals surface area contributed by atoms with Crippen LogP contribution in [0.1, 0.15) is 19.3 Å². The second-order valence-electron chi connectivity index (χ2n) is 5.54. The molecule has 1 atom stereocenters. The fourth-order valence-electron chi connectivity index (χ4n) is 3.05. The number of nitrogens with zero attached hydrogens (tertiary/aromatic N) is 1. The zero-order chi connectivity index (χ0) is 13.9. The molecule has 2 rings (SSSR count). The van der Waals surface area contributed by atoms with E-state index in [1.165, 1.54) is 12.0 Å². The SMILES string of the molecule is COCCN(CC(F)F)C(=O)C1CC12CCNCC2. The van der Waals surface area contributed by atoms with Crippen LogP contribution in [0, 0.1) is 11.3 Å². The second kappa shape index (κ2) is 6.13. The van der Waals surface area contributed by atoms with Gasteiger partial charge in [0.2, 0.25) is 5.91 Å². The summed E-state index contributed by atoms with van der Waals surface area (Å²) < 4.78 is 30.0. The summed E-state index contributed by atoms with van der Waals surface area (Å²) in [6.07, 6.45) is 0.343. The van der Waals surface area contributed by atoms with E-state index in [4.69, 9.17) is 4.74 Å². The Bertz CT molecular complexity index is 320. The number of rotatable bonds is 6. The Morgan fingerprint density at radius 2 is 2.16 bits per heavy atom. The monoisotopic (exact) mass is 276 g/mol. The topological polar surface area (TPSA) is 41.6 Å². The normalized spacial score (nSPS) is 24.7. The molecule has 2 aliphatic rings. The van der Waals surface area contributed by atoms with Gasteiger partial charge in [-0.15, -0.1) is 0 Å². The lowest BCUT2D eigenvalue weighted by Crippen LogP contribution is -2.40. The van der Waals surface area contributed by atoms with E-state index in [9.17, 15) is 13.6 Å². The lowest BCUT2D eigenvalue weighted by atomic mass is 9.91. The number of carbonyl (C=O) groups excluding carboxylic acids is 1. The smallest absolute Gasteiger partial charge is 0.255 e. The van der Waals surface area contributed by atoms with Crippen LogP contribution >= 0.6 is 0 Å². The van der Waals surface area contributed by atoms with E-state index in [1.54, 1.807) is 0 Å². The maximum atomic E-state index is 12.5. The highest BCUT2D eigenvalue weighted by Gasteiger charge is 2.58. The van der Waals surface area contributed by atoms with Crippen LogP contribution in [-0.4, -0.2) is 57.1 Å². The average Bonchev–Trinajstić information content (AvgIpc) is 3.07. The fourth-order valence-corrected chi connectivity index (χ4v) is 3.05. The van der Waals surface area contributed by atoms with Crippen molar-refractivity contribution in [1.82, 2.24) is 10.2 Å². The highest BCUT2D eigenvalue weighted by atomic mass is 19.3. The van der Waals surface area contributed by atoms with E-state index in [0.717, 1.165) is 32.4 Å². The summed E-state index contributed by atoms with van der Waals surface area (Å²) in [6, 6.07) is 0. The number of hydrogen-bond donors (Lipinski definition) is 1. The molecule has 19 heavy (non-hydrogen) atoms. The largest absolute Gasteiger partial charge is 0.383 e. The Hall–Kier alpha value is -0.750. The average molecular weight is 276 g/mol. The zero-order valence-corrected chi connectivity index (χ0v) is 11.3. The van der Waals surface area contributed by atoms with E-state index in [2.05, 4.69) is 5.32 Å². The minimum atomic E-state index is -2.48. The maximum absolute atomic E-state index is 12.5. The highest BCUT2D eigenvalue weighted by molar-refractivity contribution is 5.82. The van der Waals surface area contributed by atoms with Crippen LogP contribution in [-0.2, 0) is 9.53 Å². The molecule has 4 nitrogen and oxygen atoms in total. The van der Waals surface area contributed by atoms with Gasteiger partial charge in [0, 0.05) is 19.6 Å². The Balaban J connectivity index is 1.92. The number of piperidine rings is 1. The van der Waals surface area contributed by atoms with Gasteiger partial charge < -0.3 is 15.0 Å². The Morgan fingerprint density at radius 3 is 2.74 bits per heavy atom. The van der Waals surface area contributed by atoms with Crippen molar-refractivity contribution in [2.75, 3.05) is 39.9 Å². The number of hydrogen-bond acceptors (Lipinski definition) is 3. The standard InChI is InChI=1S/C13H22F2N2O2/c1-19-7-6-17(9-11(14)15)12(18)10-8-13(10)2-4-16-5-3-13/h10-11,16H,2-9H2,1H3. The summed E-state index contributed by atoms with van der Waals surface area (Å²) >= 11 is 0. The Kier molecular flexibility index (Phi) is 4.73. The van der Waals surface area contributed by atoms with Crippen LogP contribution in [0.25, 0.3) is 0 Å². The third-order valence-electron chi connectivity index (χ3n) is 4.32. The molecule has 6 heteroatoms. The van der Waals surface area contributed by atoms with Gasteiger partial charge in [0.25, 0.3) is 6.43 Å². The molecule has 1 aliphatic heterocycles. The first kappa shape index (κ1) is 14.7. The summed E-state index contributed by atoms with van der Waals surface area (Å²) in [5.74, 6) is -0.163. The van der Waals surface area contributed by atoms with Gasteiger partial charge in [0.15, 0.2) is 0 Å². The number of alkyl halides is 2. The Morgan fingerprint density at radius 1 is 1.47 bits per heavy atom. The van der Waals surface area contributed by atoms with Gasteiger partial charge >= 0.3 is 0 Å². The van der Waals surface area contributed by atoms with E-state index < -0.39 is 13.0 Å². The molecular weight excluding hydrogens is 254 g/mol. The fraction of sp³-hybridized carbons (Fsp3) is 0.923. The molecule has 1 aliphatic carbocycles. The summed E-state index contributed by atoms with van der Waals surface area (Å²) in [5, 5.41) is 3.27. The lowest BCUT2D eigenvalue weighted by molar-refractivity contribution is -0.136. The van der Waals surface area contributed by atoms with Gasteiger partial charge in [-0.3, -0.25) is 4.79 Å². The number of amides is 1. The van der Waals surface area contributed by atoms with Crippen LogP contribution < -0.4 is 5.32 Å². The second-order valence-corrected chi connectivity index (χ2v) is 5.54. The maximum Gasteiger partial charge on any atom is 0.255 e. The van der Waals surface area contributed by atoms with Gasteiger partial charge in [-0.1, -0.05) is 0 Å². The molecule has 0 bridgehead atoms. The van der Waals surface area contributed by atoms with Crippen molar-refractivity contribution in [3.8, 4) is 0 Å². The predicted molar refractivity (Wildman–Crippen MR) is 67.1 cm³/mol. The van der Waals surface area contributed by atoms with Crippen LogP contribution in [0.5, 0.6) is 0 Å². The molecule has 1 heterocycles. The molecule has 1 amide bonds. The molecule has 0 aromatic carbocycles. The number of nitrogens with one attached hydrogen (secondary N) is 1. The molecule has 110 valence electrons. The molecule has 1 saturated carbocycles. The lowest BCUT2D eigenvalue weighted by Gasteiger charge is -2.26. The number of ether oxygens (including phenoxy) is 1. The van der Waals surface area contributed by atoms with E-state index in [1.807, 2.05) is 0 Å². The summed E-state index contributed by atoms with van der Waals surface area (Å²) in [7, 11) is 1.51. The molecule has 0 radical (unpaired) electrons. The van der Waals surface area contributed by atoms with Crippen molar-refractivity contribution in [2.24, 2.45) is 11.3 Å². The summed E-state index contributed by atoms with van der Waals surface area (Å²) in [6.45, 7) is 1.94. The first-order valence-corrected chi connectivity index (χ1v) is 6.86. The van der Waals surface area contributed by atoms with Crippen molar-refractivity contribution < 1.29 is 18.3 Å². The van der Waals surface area contributed by atoms with Crippen molar-refractivity contribution in [2.45, 2.75) is 25.7 Å². The molecule has 1 unspecified atom stereocenters. The first-order chi connectivity index (χ1) is 9.09. The minimum absolute atomic E-state index is 0.0507. The molecule has 1 saturated heterocycles. The van der Waals surface area contributed by atoms with E-state index in [-0.39, 0.29) is 23.8 Å². The van der Waals surface area contributed by atoms with Crippen molar-refractivity contribution >= 4 is 5.91 Å². The predicted octanol–water partition coefficient (Wildman–Crippen LogP) is 1.12. The third kappa shape index (κ3) is 3.42. The van der Waals surface area contributed by atoms with Gasteiger partial charge in [0.05, 0.1) is 13.2 Å². The minimum Gasteiger partial charge on any atom is -0.383 e. The summed E-state index contributed by atoms with van der Waals surface area (Å²) in [5.41, 5.74) is 0.0930. The molecule has 2 fully saturated rings. The first-order valence-electron chi connectivity index (χ1n) is 6.86. The quantitative estimate of drug-likeness (QED) is 0.790. The summed E-state index contributed by atoms with van der Waals surface area (Å²) in [4.78, 5) is 13.6. The van der Waals surface area contributed by atoms with Crippen LogP contribution in [0.4, 0.5) is 8.78 Å². The molecular formula is C13H22F2N2O2. The van der Waals surface area contributed by atoms with E-state index in [0.29, 0.717) is 6.61 Å². The van der Waals surface area contributed by atoms with Gasteiger partial charge in [-0.2, -0.15) is 0 Å². The van der Waals surface area contributed by atoms with Gasteiger partial charge in [-0.25, -0.2) is 8.78 Å². The van der Waals surface area contributed by atoms with Crippen LogP contribution in [0.15, 0.2) is 0 Å². The van der Waals surface area contributed by atoms with Crippen LogP contribution in [0.2, 0.25) is 0 Å². The van der Waals surface area contributed by atoms with Gasteiger partial charge in [0.1, 0.15) is 0 Å². The third-order valence-corrected chi connectivity index (χ3v) is 4.32. The number of methoxy groups -OCH3 is 1. The number of halogens is 2. The molecule has 1 N–H and O–H groups in total. The number of carbonyl (C=O) groups is 1. The van der Waals surface area contributed by atoms with Gasteiger partial charge in [-0.05, 0) is 37.8 Å². The van der Waals surface area contributed by atoms with Crippen LogP contribution in [0.3, 0.4) is 0 Å². The highest BCUT2D eigenvalue weighted by Crippen LogP contribution is 2.59. The Labute approximate surface area is 112 Å². The zero-order valence-electron chi connectivity index (χ0n) is 11.3. The van der Waals surface area contributed by atoms with E-state index >= 15 is 0 Å². The van der Waals surface area contributed by atoms with Crippen molar-refractivity contribution in [3.63, 3.8) is 0 Å². The molecule has 0 aromatic rings. The van der Waals surface area contributed by atoms with Crippen molar-refractivity contribution in [3.05, 3.63) is 0 Å².